The van der Waals surface area contributed by atoms with Crippen molar-refractivity contribution < 1.29 is 18.7 Å². The minimum absolute atomic E-state index is 0.212. The molecule has 3 aromatic rings. The number of halogens is 1. The lowest BCUT2D eigenvalue weighted by molar-refractivity contribution is -0.117. The van der Waals surface area contributed by atoms with E-state index >= 15 is 0 Å². The number of hydrogen-bond acceptors (Lipinski definition) is 7. The summed E-state index contributed by atoms with van der Waals surface area (Å²) in [7, 11) is 4.82. The Hall–Kier alpha value is -4.08. The monoisotopic (exact) mass is 466 g/mol. The lowest BCUT2D eigenvalue weighted by Gasteiger charge is -2.36. The Morgan fingerprint density at radius 2 is 2.06 bits per heavy atom. The van der Waals surface area contributed by atoms with Gasteiger partial charge in [-0.1, -0.05) is 6.58 Å². The number of carbonyl (C=O) groups excluding carboxylic acids is 1. The third-order valence-corrected chi connectivity index (χ3v) is 5.68. The zero-order chi connectivity index (χ0) is 24.4. The quantitative estimate of drug-likeness (QED) is 0.492. The van der Waals surface area contributed by atoms with E-state index in [0.717, 1.165) is 16.8 Å². The Bertz CT molecular complexity index is 1240. The molecule has 1 aliphatic rings. The van der Waals surface area contributed by atoms with Crippen LogP contribution in [0, 0.1) is 12.7 Å². The van der Waals surface area contributed by atoms with Crippen LogP contribution in [0.25, 0.3) is 0 Å². The van der Waals surface area contributed by atoms with E-state index in [-0.39, 0.29) is 11.7 Å². The Morgan fingerprint density at radius 3 is 2.79 bits per heavy atom. The maximum Gasteiger partial charge on any atom is 0.255 e. The predicted molar refractivity (Wildman–Crippen MR) is 128 cm³/mol. The molecule has 1 aromatic carbocycles. The van der Waals surface area contributed by atoms with E-state index in [0.29, 0.717) is 41.8 Å². The summed E-state index contributed by atoms with van der Waals surface area (Å²) in [5.74, 6) is 0.919. The fourth-order valence-corrected chi connectivity index (χ4v) is 3.95. The van der Waals surface area contributed by atoms with E-state index in [4.69, 9.17) is 9.47 Å². The number of fused-ring (bicyclic) bond motifs is 1. The van der Waals surface area contributed by atoms with E-state index in [1.165, 1.54) is 26.4 Å². The van der Waals surface area contributed by atoms with E-state index in [1.54, 1.807) is 16.9 Å². The molecule has 0 fully saturated rings. The number of aromatic nitrogens is 3. The number of pyridine rings is 1. The molecule has 0 bridgehead atoms. The minimum atomic E-state index is -0.633. The lowest BCUT2D eigenvalue weighted by atomic mass is 10.1. The number of nitrogens with one attached hydrogen (secondary N) is 2. The topological polar surface area (TPSA) is 93.5 Å². The Labute approximate surface area is 197 Å². The van der Waals surface area contributed by atoms with Crippen molar-refractivity contribution in [3.05, 3.63) is 71.6 Å². The van der Waals surface area contributed by atoms with Crippen LogP contribution in [0.5, 0.6) is 5.75 Å². The first-order valence-electron chi connectivity index (χ1n) is 10.7. The van der Waals surface area contributed by atoms with Gasteiger partial charge in [0, 0.05) is 37.5 Å². The van der Waals surface area contributed by atoms with Gasteiger partial charge in [0.2, 0.25) is 0 Å². The molecule has 178 valence electrons. The van der Waals surface area contributed by atoms with Crippen LogP contribution in [0.2, 0.25) is 0 Å². The molecule has 9 nitrogen and oxygen atoms in total. The van der Waals surface area contributed by atoms with E-state index in [1.807, 2.05) is 31.1 Å². The average Bonchev–Trinajstić information content (AvgIpc) is 3.25. The predicted octanol–water partition coefficient (Wildman–Crippen LogP) is 3.31. The highest BCUT2D eigenvalue weighted by Crippen LogP contribution is 2.36. The van der Waals surface area contributed by atoms with Crippen molar-refractivity contribution in [1.82, 2.24) is 14.8 Å². The van der Waals surface area contributed by atoms with Crippen molar-refractivity contribution in [2.75, 3.05) is 36.8 Å². The van der Waals surface area contributed by atoms with E-state index in [9.17, 15) is 9.18 Å². The van der Waals surface area contributed by atoms with Gasteiger partial charge in [-0.05, 0) is 24.6 Å². The first-order valence-corrected chi connectivity index (χ1v) is 10.7. The molecule has 34 heavy (non-hydrogen) atoms. The minimum Gasteiger partial charge on any atom is -0.499 e. The fraction of sp³-hybridized carbons (Fsp3) is 0.292. The van der Waals surface area contributed by atoms with Gasteiger partial charge < -0.3 is 25.0 Å². The van der Waals surface area contributed by atoms with Gasteiger partial charge in [-0.25, -0.2) is 9.37 Å². The molecule has 0 unspecified atom stereocenters. The van der Waals surface area contributed by atoms with E-state index < -0.39 is 6.04 Å². The van der Waals surface area contributed by atoms with E-state index in [2.05, 4.69) is 27.3 Å². The zero-order valence-corrected chi connectivity index (χ0v) is 19.6. The number of hydrogen-bond donors (Lipinski definition) is 2. The first kappa shape index (κ1) is 23.1. The third-order valence-electron chi connectivity index (χ3n) is 5.68. The van der Waals surface area contributed by atoms with Crippen molar-refractivity contribution in [3.63, 3.8) is 0 Å². The SMILES string of the molecule is C=C(OC)[C@H]1C(=O)Nc2c(cc(NCc3cnn(Cc4cc(F)cc(OC)c4)c3)nc2C)N1C. The molecule has 0 aliphatic carbocycles. The molecule has 10 heteroatoms. The van der Waals surface area contributed by atoms with Crippen molar-refractivity contribution in [3.8, 4) is 5.75 Å². The van der Waals surface area contributed by atoms with Gasteiger partial charge in [0.25, 0.3) is 5.91 Å². The highest BCUT2D eigenvalue weighted by Gasteiger charge is 2.35. The van der Waals surface area contributed by atoms with Crippen LogP contribution >= 0.6 is 0 Å². The van der Waals surface area contributed by atoms with Crippen molar-refractivity contribution in [1.29, 1.82) is 0 Å². The molecular weight excluding hydrogens is 439 g/mol. The van der Waals surface area contributed by atoms with Gasteiger partial charge in [-0.15, -0.1) is 0 Å². The number of ether oxygens (including phenoxy) is 2. The molecule has 1 amide bonds. The van der Waals surface area contributed by atoms with Crippen LogP contribution in [0.1, 0.15) is 16.8 Å². The van der Waals surface area contributed by atoms with Crippen LogP contribution in [-0.2, 0) is 22.6 Å². The largest absolute Gasteiger partial charge is 0.499 e. The molecule has 3 heterocycles. The molecule has 0 saturated carbocycles. The van der Waals surface area contributed by atoms with Crippen molar-refractivity contribution >= 4 is 23.1 Å². The number of carbonyl (C=O) groups is 1. The van der Waals surface area contributed by atoms with Gasteiger partial charge in [-0.3, -0.25) is 9.48 Å². The summed E-state index contributed by atoms with van der Waals surface area (Å²) in [5, 5.41) is 10.6. The van der Waals surface area contributed by atoms with Gasteiger partial charge in [-0.2, -0.15) is 5.10 Å². The molecule has 1 atom stereocenters. The maximum atomic E-state index is 13.8. The van der Waals surface area contributed by atoms with Crippen LogP contribution < -0.4 is 20.3 Å². The zero-order valence-electron chi connectivity index (χ0n) is 19.6. The summed E-state index contributed by atoms with van der Waals surface area (Å²) in [6.07, 6.45) is 3.64. The van der Waals surface area contributed by atoms with Crippen LogP contribution in [0.3, 0.4) is 0 Å². The molecule has 2 aromatic heterocycles. The average molecular weight is 467 g/mol. The summed E-state index contributed by atoms with van der Waals surface area (Å²) >= 11 is 0. The molecule has 0 spiro atoms. The van der Waals surface area contributed by atoms with Gasteiger partial charge in [0.1, 0.15) is 23.1 Å². The Kier molecular flexibility index (Phi) is 6.40. The second kappa shape index (κ2) is 9.42. The standard InChI is InChI=1S/C24H27FN6O3/c1-14-22-20(30(3)23(15(2)33-4)24(32)29-22)9-21(28-14)26-10-17-11-27-31(13-17)12-16-6-18(25)8-19(7-16)34-5/h6-9,11,13,23H,2,10,12H2,1,3-5H3,(H,26,28)(H,29,32)/t23-/m0/s1. The molecule has 2 N–H and O–H groups in total. The van der Waals surface area contributed by atoms with Crippen molar-refractivity contribution in [2.45, 2.75) is 26.1 Å². The number of rotatable bonds is 8. The summed E-state index contributed by atoms with van der Waals surface area (Å²) in [6.45, 7) is 6.59. The highest BCUT2D eigenvalue weighted by molar-refractivity contribution is 6.05. The van der Waals surface area contributed by atoms with Gasteiger partial charge in [0.05, 0.1) is 44.0 Å². The third kappa shape index (κ3) is 4.66. The number of amides is 1. The molecule has 0 saturated heterocycles. The number of likely N-dealkylation sites (N-methyl/N-ethyl adjacent to an activating group) is 1. The van der Waals surface area contributed by atoms with Crippen LogP contribution in [0.15, 0.2) is 49.0 Å². The number of anilines is 3. The second-order valence-corrected chi connectivity index (χ2v) is 8.06. The van der Waals surface area contributed by atoms with Gasteiger partial charge in [0.15, 0.2) is 6.04 Å². The number of nitrogens with zero attached hydrogens (tertiary/aromatic N) is 4. The Balaban J connectivity index is 1.47. The maximum absolute atomic E-state index is 13.8. The second-order valence-electron chi connectivity index (χ2n) is 8.06. The molecule has 0 radical (unpaired) electrons. The smallest absolute Gasteiger partial charge is 0.255 e. The van der Waals surface area contributed by atoms with Gasteiger partial charge >= 0.3 is 0 Å². The number of methoxy groups -OCH3 is 2. The van der Waals surface area contributed by atoms with Crippen LogP contribution in [0.4, 0.5) is 21.6 Å². The molecule has 1 aliphatic heterocycles. The first-order chi connectivity index (χ1) is 16.3. The Morgan fingerprint density at radius 1 is 1.26 bits per heavy atom. The summed E-state index contributed by atoms with van der Waals surface area (Å²) in [6, 6.07) is 5.82. The van der Waals surface area contributed by atoms with Crippen molar-refractivity contribution in [2.24, 2.45) is 0 Å². The normalized spacial score (nSPS) is 14.9. The number of aryl methyl sites for hydroxylation is 1. The lowest BCUT2D eigenvalue weighted by Crippen LogP contribution is -2.47. The fourth-order valence-electron chi connectivity index (χ4n) is 3.95. The summed E-state index contributed by atoms with van der Waals surface area (Å²) in [4.78, 5) is 18.9. The molecular formula is C24H27FN6O3. The highest BCUT2D eigenvalue weighted by atomic mass is 19.1. The summed E-state index contributed by atoms with van der Waals surface area (Å²) < 4.78 is 25.8. The van der Waals surface area contributed by atoms with Crippen LogP contribution in [-0.4, -0.2) is 48.0 Å². The number of benzene rings is 1. The summed E-state index contributed by atoms with van der Waals surface area (Å²) in [5.41, 5.74) is 3.86. The molecule has 4 rings (SSSR count).